The summed E-state index contributed by atoms with van der Waals surface area (Å²) in [5.74, 6) is -0.240. The lowest BCUT2D eigenvalue weighted by Gasteiger charge is -2.09. The standard InChI is InChI=1S/C15H11N3O3.ClH/c19-14-9-16-15(10-4-2-1-3-5-10)12-8-11(18(20)21)6-7-13(12)17-14;/h1-8H,9H2,(H,17,19);1H. The van der Waals surface area contributed by atoms with E-state index in [0.717, 1.165) is 5.56 Å². The second-order valence-electron chi connectivity index (χ2n) is 4.57. The summed E-state index contributed by atoms with van der Waals surface area (Å²) in [5, 5.41) is 13.7. The van der Waals surface area contributed by atoms with Crippen LogP contribution < -0.4 is 5.32 Å². The molecule has 1 amide bonds. The lowest BCUT2D eigenvalue weighted by Crippen LogP contribution is -2.13. The summed E-state index contributed by atoms with van der Waals surface area (Å²) < 4.78 is 0. The fraction of sp³-hybridized carbons (Fsp3) is 0.0667. The van der Waals surface area contributed by atoms with Gasteiger partial charge in [-0.2, -0.15) is 0 Å². The lowest BCUT2D eigenvalue weighted by atomic mass is 10.00. The number of nitrogens with one attached hydrogen (secondary N) is 1. The Labute approximate surface area is 132 Å². The molecule has 0 spiro atoms. The van der Waals surface area contributed by atoms with Gasteiger partial charge in [-0.3, -0.25) is 19.9 Å². The van der Waals surface area contributed by atoms with E-state index in [1.165, 1.54) is 18.2 Å². The van der Waals surface area contributed by atoms with Crippen LogP contribution in [0.5, 0.6) is 0 Å². The van der Waals surface area contributed by atoms with Crippen molar-refractivity contribution in [3.63, 3.8) is 0 Å². The van der Waals surface area contributed by atoms with Gasteiger partial charge in [0, 0.05) is 23.3 Å². The lowest BCUT2D eigenvalue weighted by molar-refractivity contribution is -0.384. The molecule has 1 aliphatic heterocycles. The van der Waals surface area contributed by atoms with Crippen LogP contribution in [-0.2, 0) is 4.79 Å². The third-order valence-electron chi connectivity index (χ3n) is 3.17. The Morgan fingerprint density at radius 1 is 1.14 bits per heavy atom. The molecule has 1 heterocycles. The number of hydrogen-bond acceptors (Lipinski definition) is 4. The number of rotatable bonds is 2. The van der Waals surface area contributed by atoms with E-state index >= 15 is 0 Å². The highest BCUT2D eigenvalue weighted by molar-refractivity contribution is 6.19. The zero-order chi connectivity index (χ0) is 14.8. The maximum Gasteiger partial charge on any atom is 0.270 e. The average molecular weight is 318 g/mol. The summed E-state index contributed by atoms with van der Waals surface area (Å²) in [6.45, 7) is -0.00724. The minimum absolute atomic E-state index is 0. The number of non-ortho nitro benzene ring substituents is 1. The molecule has 2 aromatic rings. The molecule has 6 nitrogen and oxygen atoms in total. The van der Waals surface area contributed by atoms with Gasteiger partial charge in [0.2, 0.25) is 5.91 Å². The number of carbonyl (C=O) groups is 1. The van der Waals surface area contributed by atoms with Crippen molar-refractivity contribution in [2.24, 2.45) is 4.99 Å². The maximum absolute atomic E-state index is 11.7. The molecule has 0 saturated heterocycles. The maximum atomic E-state index is 11.7. The molecule has 0 saturated carbocycles. The van der Waals surface area contributed by atoms with Crippen molar-refractivity contribution in [3.05, 3.63) is 69.8 Å². The van der Waals surface area contributed by atoms with E-state index in [1.807, 2.05) is 30.3 Å². The fourth-order valence-electron chi connectivity index (χ4n) is 2.22. The van der Waals surface area contributed by atoms with E-state index in [-0.39, 0.29) is 30.5 Å². The molecule has 0 atom stereocenters. The normalized spacial score (nSPS) is 13.1. The molecule has 0 aliphatic carbocycles. The van der Waals surface area contributed by atoms with Crippen LogP contribution >= 0.6 is 12.4 Å². The Hall–Kier alpha value is -2.73. The molecular weight excluding hydrogens is 306 g/mol. The zero-order valence-electron chi connectivity index (χ0n) is 11.4. The summed E-state index contributed by atoms with van der Waals surface area (Å²) in [7, 11) is 0. The predicted molar refractivity (Wildman–Crippen MR) is 85.9 cm³/mol. The molecular formula is C15H12ClN3O3. The quantitative estimate of drug-likeness (QED) is 0.682. The van der Waals surface area contributed by atoms with E-state index in [0.29, 0.717) is 17.0 Å². The van der Waals surface area contributed by atoms with Crippen LogP contribution in [0.1, 0.15) is 11.1 Å². The summed E-state index contributed by atoms with van der Waals surface area (Å²) in [4.78, 5) is 26.5. The van der Waals surface area contributed by atoms with Crippen molar-refractivity contribution in [1.82, 2.24) is 0 Å². The molecule has 7 heteroatoms. The van der Waals surface area contributed by atoms with Crippen molar-refractivity contribution >= 4 is 35.4 Å². The largest absolute Gasteiger partial charge is 0.324 e. The number of carbonyl (C=O) groups excluding carboxylic acids is 1. The van der Waals surface area contributed by atoms with Gasteiger partial charge in [-0.15, -0.1) is 12.4 Å². The Kier molecular flexibility index (Phi) is 4.53. The highest BCUT2D eigenvalue weighted by Gasteiger charge is 2.20. The Balaban J connectivity index is 0.00000176. The van der Waals surface area contributed by atoms with Crippen LogP contribution in [0.3, 0.4) is 0 Å². The minimum atomic E-state index is -0.463. The van der Waals surface area contributed by atoms with Crippen molar-refractivity contribution in [1.29, 1.82) is 0 Å². The number of nitro groups is 1. The van der Waals surface area contributed by atoms with Crippen molar-refractivity contribution in [2.45, 2.75) is 0 Å². The van der Waals surface area contributed by atoms with Crippen LogP contribution in [0, 0.1) is 10.1 Å². The van der Waals surface area contributed by atoms with Crippen molar-refractivity contribution in [3.8, 4) is 0 Å². The second kappa shape index (κ2) is 6.36. The number of amides is 1. The van der Waals surface area contributed by atoms with Gasteiger partial charge in [0.15, 0.2) is 0 Å². The number of aliphatic imine (C=N–C) groups is 1. The first-order valence-electron chi connectivity index (χ1n) is 6.33. The van der Waals surface area contributed by atoms with Crippen LogP contribution in [0.4, 0.5) is 11.4 Å². The first kappa shape index (κ1) is 15.7. The smallest absolute Gasteiger partial charge is 0.270 e. The number of nitrogens with zero attached hydrogens (tertiary/aromatic N) is 2. The average Bonchev–Trinajstić information content (AvgIpc) is 2.65. The number of benzene rings is 2. The van der Waals surface area contributed by atoms with Crippen molar-refractivity contribution < 1.29 is 9.72 Å². The van der Waals surface area contributed by atoms with E-state index < -0.39 is 4.92 Å². The molecule has 0 aromatic heterocycles. The number of halogens is 1. The topological polar surface area (TPSA) is 84.6 Å². The molecule has 1 N–H and O–H groups in total. The van der Waals surface area contributed by atoms with Crippen LogP contribution in [-0.4, -0.2) is 23.1 Å². The first-order valence-corrected chi connectivity index (χ1v) is 6.33. The van der Waals surface area contributed by atoms with Gasteiger partial charge in [0.05, 0.1) is 16.3 Å². The van der Waals surface area contributed by atoms with Crippen LogP contribution in [0.15, 0.2) is 53.5 Å². The van der Waals surface area contributed by atoms with Crippen LogP contribution in [0.25, 0.3) is 0 Å². The number of anilines is 1. The molecule has 0 bridgehead atoms. The molecule has 1 aliphatic rings. The SMILES string of the molecule is Cl.O=C1CN=C(c2ccccc2)c2cc([N+](=O)[O-])ccc2N1. The number of nitro benzene ring substituents is 1. The molecule has 112 valence electrons. The Bertz CT molecular complexity index is 760. The number of fused-ring (bicyclic) bond motifs is 1. The molecule has 22 heavy (non-hydrogen) atoms. The van der Waals surface area contributed by atoms with E-state index in [9.17, 15) is 14.9 Å². The fourth-order valence-corrected chi connectivity index (χ4v) is 2.22. The van der Waals surface area contributed by atoms with Gasteiger partial charge < -0.3 is 5.32 Å². The highest BCUT2D eigenvalue weighted by Crippen LogP contribution is 2.26. The van der Waals surface area contributed by atoms with Crippen molar-refractivity contribution in [2.75, 3.05) is 11.9 Å². The summed E-state index contributed by atoms with van der Waals surface area (Å²) in [5.41, 5.74) is 2.45. The molecule has 3 rings (SSSR count). The monoisotopic (exact) mass is 317 g/mol. The summed E-state index contributed by atoms with van der Waals surface area (Å²) in [6.07, 6.45) is 0. The molecule has 0 fully saturated rings. The second-order valence-corrected chi connectivity index (χ2v) is 4.57. The molecule has 0 unspecified atom stereocenters. The Morgan fingerprint density at radius 2 is 1.86 bits per heavy atom. The number of benzodiazepines with no additional fused rings is 1. The predicted octanol–water partition coefficient (Wildman–Crippen LogP) is 2.81. The third-order valence-corrected chi connectivity index (χ3v) is 3.17. The summed E-state index contributed by atoms with van der Waals surface area (Å²) in [6, 6.07) is 13.6. The Morgan fingerprint density at radius 3 is 2.55 bits per heavy atom. The number of hydrogen-bond donors (Lipinski definition) is 1. The van der Waals surface area contributed by atoms with Crippen LogP contribution in [0.2, 0.25) is 0 Å². The zero-order valence-corrected chi connectivity index (χ0v) is 12.2. The minimum Gasteiger partial charge on any atom is -0.324 e. The molecule has 0 radical (unpaired) electrons. The third kappa shape index (κ3) is 2.96. The van der Waals surface area contributed by atoms with E-state index in [4.69, 9.17) is 0 Å². The van der Waals surface area contributed by atoms with Gasteiger partial charge in [-0.1, -0.05) is 30.3 Å². The van der Waals surface area contributed by atoms with E-state index in [1.54, 1.807) is 0 Å². The van der Waals surface area contributed by atoms with E-state index in [2.05, 4.69) is 10.3 Å². The van der Waals surface area contributed by atoms with Gasteiger partial charge >= 0.3 is 0 Å². The van der Waals surface area contributed by atoms with Gasteiger partial charge in [-0.25, -0.2) is 0 Å². The van der Waals surface area contributed by atoms with Gasteiger partial charge in [0.1, 0.15) is 6.54 Å². The first-order chi connectivity index (χ1) is 10.1. The highest BCUT2D eigenvalue weighted by atomic mass is 35.5. The molecule has 2 aromatic carbocycles. The summed E-state index contributed by atoms with van der Waals surface area (Å²) >= 11 is 0. The van der Waals surface area contributed by atoms with Gasteiger partial charge in [0.25, 0.3) is 5.69 Å². The van der Waals surface area contributed by atoms with Gasteiger partial charge in [-0.05, 0) is 6.07 Å².